The Bertz CT molecular complexity index is 1480. The number of nitrogens with zero attached hydrogens (tertiary/aromatic N) is 5. The molecule has 6 nitrogen and oxygen atoms in total. The molecule has 4 heterocycles. The zero-order chi connectivity index (χ0) is 20.8. The maximum absolute atomic E-state index is 5.63. The standard InChI is InChI=1S/C24H20N6S/c31-24(30-12-2-1-3-13-30)27-15-8-9-18-19(14-15)29-23-21-17(7-5-11-26-21)16-6-4-10-25-20(16)22(23)28-18/h4-11,14H,1-3,12-13H2,(H,27,31). The van der Waals surface area contributed by atoms with Gasteiger partial charge in [-0.25, -0.2) is 9.97 Å². The second-order valence-corrected chi connectivity index (χ2v) is 8.29. The lowest BCUT2D eigenvalue weighted by molar-refractivity contribution is 0.346. The minimum absolute atomic E-state index is 0.769. The van der Waals surface area contributed by atoms with Crippen LogP contribution in [0.2, 0.25) is 0 Å². The zero-order valence-corrected chi connectivity index (χ0v) is 17.7. The fourth-order valence-electron chi connectivity index (χ4n) is 4.38. The molecular weight excluding hydrogens is 404 g/mol. The smallest absolute Gasteiger partial charge is 0.173 e. The highest BCUT2D eigenvalue weighted by Gasteiger charge is 2.16. The highest BCUT2D eigenvalue weighted by molar-refractivity contribution is 7.80. The third kappa shape index (κ3) is 3.13. The van der Waals surface area contributed by atoms with E-state index in [-0.39, 0.29) is 0 Å². The maximum atomic E-state index is 5.63. The van der Waals surface area contributed by atoms with E-state index in [1.807, 2.05) is 30.3 Å². The van der Waals surface area contributed by atoms with Crippen LogP contribution in [0.5, 0.6) is 0 Å². The van der Waals surface area contributed by atoms with Crippen molar-refractivity contribution in [3.8, 4) is 0 Å². The molecule has 0 amide bonds. The summed E-state index contributed by atoms with van der Waals surface area (Å²) < 4.78 is 0. The molecule has 31 heavy (non-hydrogen) atoms. The van der Waals surface area contributed by atoms with Gasteiger partial charge in [-0.1, -0.05) is 12.1 Å². The molecule has 1 aliphatic rings. The van der Waals surface area contributed by atoms with Gasteiger partial charge in [0.25, 0.3) is 0 Å². The Morgan fingerprint density at radius 3 is 2.10 bits per heavy atom. The van der Waals surface area contributed by atoms with Crippen LogP contribution in [-0.2, 0) is 0 Å². The van der Waals surface area contributed by atoms with Gasteiger partial charge in [0.15, 0.2) is 5.11 Å². The molecule has 2 aromatic carbocycles. The average Bonchev–Trinajstić information content (AvgIpc) is 2.84. The summed E-state index contributed by atoms with van der Waals surface area (Å²) in [6.45, 7) is 2.03. The molecule has 0 aliphatic carbocycles. The van der Waals surface area contributed by atoms with Crippen molar-refractivity contribution in [1.29, 1.82) is 0 Å². The van der Waals surface area contributed by atoms with Crippen LogP contribution in [-0.4, -0.2) is 43.0 Å². The Morgan fingerprint density at radius 2 is 1.42 bits per heavy atom. The van der Waals surface area contributed by atoms with Gasteiger partial charge in [-0.2, -0.15) is 0 Å². The Kier molecular flexibility index (Phi) is 4.35. The number of hydrogen-bond donors (Lipinski definition) is 1. The molecule has 0 atom stereocenters. The van der Waals surface area contributed by atoms with E-state index in [0.717, 1.165) is 67.8 Å². The Hall–Kier alpha value is -3.45. The molecule has 152 valence electrons. The maximum Gasteiger partial charge on any atom is 0.173 e. The molecule has 1 aliphatic heterocycles. The summed E-state index contributed by atoms with van der Waals surface area (Å²) in [5, 5.41) is 6.23. The normalized spacial score (nSPS) is 14.5. The van der Waals surface area contributed by atoms with E-state index in [1.54, 1.807) is 12.4 Å². The number of anilines is 1. The minimum atomic E-state index is 0.769. The summed E-state index contributed by atoms with van der Waals surface area (Å²) in [6, 6.07) is 14.0. The summed E-state index contributed by atoms with van der Waals surface area (Å²) in [7, 11) is 0. The number of likely N-dealkylation sites (tertiary alicyclic amines) is 1. The molecule has 0 bridgehead atoms. The fraction of sp³-hybridized carbons (Fsp3) is 0.208. The van der Waals surface area contributed by atoms with Crippen LogP contribution in [0.3, 0.4) is 0 Å². The lowest BCUT2D eigenvalue weighted by Crippen LogP contribution is -2.38. The van der Waals surface area contributed by atoms with E-state index >= 15 is 0 Å². The van der Waals surface area contributed by atoms with Crippen molar-refractivity contribution >= 4 is 66.9 Å². The topological polar surface area (TPSA) is 66.8 Å². The van der Waals surface area contributed by atoms with Crippen LogP contribution in [0.15, 0.2) is 54.9 Å². The molecule has 1 fully saturated rings. The number of thiocarbonyl (C=S) groups is 1. The van der Waals surface area contributed by atoms with Crippen molar-refractivity contribution in [3.05, 3.63) is 54.9 Å². The van der Waals surface area contributed by atoms with Crippen molar-refractivity contribution < 1.29 is 0 Å². The summed E-state index contributed by atoms with van der Waals surface area (Å²) in [6.07, 6.45) is 7.26. The van der Waals surface area contributed by atoms with Gasteiger partial charge >= 0.3 is 0 Å². The molecule has 1 saturated heterocycles. The van der Waals surface area contributed by atoms with Crippen LogP contribution < -0.4 is 5.32 Å². The highest BCUT2D eigenvalue weighted by atomic mass is 32.1. The number of aromatic nitrogens is 4. The first-order valence-electron chi connectivity index (χ1n) is 10.6. The molecule has 0 radical (unpaired) electrons. The number of piperidine rings is 1. The first kappa shape index (κ1) is 18.3. The number of pyridine rings is 2. The van der Waals surface area contributed by atoms with Gasteiger partial charge < -0.3 is 10.2 Å². The third-order valence-corrected chi connectivity index (χ3v) is 6.27. The van der Waals surface area contributed by atoms with Gasteiger partial charge in [-0.15, -0.1) is 0 Å². The van der Waals surface area contributed by atoms with E-state index in [2.05, 4.69) is 32.3 Å². The molecular formula is C24H20N6S. The van der Waals surface area contributed by atoms with Gasteiger partial charge in [-0.3, -0.25) is 9.97 Å². The number of benzene rings is 2. The Morgan fingerprint density at radius 1 is 0.774 bits per heavy atom. The van der Waals surface area contributed by atoms with Crippen LogP contribution in [0.4, 0.5) is 5.69 Å². The monoisotopic (exact) mass is 424 g/mol. The number of hydrogen-bond acceptors (Lipinski definition) is 5. The van der Waals surface area contributed by atoms with E-state index < -0.39 is 0 Å². The number of rotatable bonds is 1. The van der Waals surface area contributed by atoms with Crippen molar-refractivity contribution in [2.45, 2.75) is 19.3 Å². The summed E-state index contributed by atoms with van der Waals surface area (Å²) >= 11 is 5.63. The second kappa shape index (κ2) is 7.35. The predicted molar refractivity (Wildman–Crippen MR) is 129 cm³/mol. The third-order valence-electron chi connectivity index (χ3n) is 5.91. The van der Waals surface area contributed by atoms with Crippen molar-refractivity contribution in [2.75, 3.05) is 18.4 Å². The van der Waals surface area contributed by atoms with Gasteiger partial charge in [-0.05, 0) is 61.8 Å². The van der Waals surface area contributed by atoms with Gasteiger partial charge in [0.05, 0.1) is 22.1 Å². The minimum Gasteiger partial charge on any atom is -0.349 e. The number of nitrogens with one attached hydrogen (secondary N) is 1. The van der Waals surface area contributed by atoms with E-state index in [9.17, 15) is 0 Å². The average molecular weight is 425 g/mol. The van der Waals surface area contributed by atoms with Crippen molar-refractivity contribution in [3.63, 3.8) is 0 Å². The van der Waals surface area contributed by atoms with E-state index in [4.69, 9.17) is 22.2 Å². The number of fused-ring (bicyclic) bond motifs is 7. The lowest BCUT2D eigenvalue weighted by atomic mass is 10.1. The van der Waals surface area contributed by atoms with Gasteiger partial charge in [0.1, 0.15) is 11.0 Å². The first-order valence-corrected chi connectivity index (χ1v) is 11.0. The SMILES string of the molecule is S=C(Nc1ccc2nc3c4ncccc4c4cccnc4c3nc2c1)N1CCCCC1. The van der Waals surface area contributed by atoms with Crippen molar-refractivity contribution in [1.82, 2.24) is 24.8 Å². The molecule has 0 unspecified atom stereocenters. The van der Waals surface area contributed by atoms with E-state index in [1.165, 1.54) is 19.3 Å². The largest absolute Gasteiger partial charge is 0.349 e. The quantitative estimate of drug-likeness (QED) is 0.229. The second-order valence-electron chi connectivity index (χ2n) is 7.90. The molecule has 0 spiro atoms. The van der Waals surface area contributed by atoms with Crippen LogP contribution in [0, 0.1) is 0 Å². The Labute approximate surface area is 184 Å². The molecule has 5 aromatic rings. The van der Waals surface area contributed by atoms with Crippen LogP contribution >= 0.6 is 12.2 Å². The summed E-state index contributed by atoms with van der Waals surface area (Å²) in [5.74, 6) is 0. The van der Waals surface area contributed by atoms with Crippen molar-refractivity contribution in [2.24, 2.45) is 0 Å². The molecule has 0 saturated carbocycles. The highest BCUT2D eigenvalue weighted by Crippen LogP contribution is 2.32. The van der Waals surface area contributed by atoms with Gasteiger partial charge in [0, 0.05) is 41.9 Å². The molecule has 7 heteroatoms. The van der Waals surface area contributed by atoms with E-state index in [0.29, 0.717) is 0 Å². The first-order chi connectivity index (χ1) is 15.3. The van der Waals surface area contributed by atoms with Crippen LogP contribution in [0.1, 0.15) is 19.3 Å². The molecule has 1 N–H and O–H groups in total. The Balaban J connectivity index is 1.51. The van der Waals surface area contributed by atoms with Gasteiger partial charge in [0.2, 0.25) is 0 Å². The fourth-order valence-corrected chi connectivity index (χ4v) is 4.68. The molecule has 3 aromatic heterocycles. The van der Waals surface area contributed by atoms with Crippen LogP contribution in [0.25, 0.3) is 43.9 Å². The summed E-state index contributed by atoms with van der Waals surface area (Å²) in [4.78, 5) is 21.4. The predicted octanol–water partition coefficient (Wildman–Crippen LogP) is 5.06. The molecule has 6 rings (SSSR count). The summed E-state index contributed by atoms with van der Waals surface area (Å²) in [5.41, 5.74) is 5.79. The zero-order valence-electron chi connectivity index (χ0n) is 16.9. The lowest BCUT2D eigenvalue weighted by Gasteiger charge is -2.29.